The van der Waals surface area contributed by atoms with Gasteiger partial charge in [-0.05, 0) is 28.7 Å². The maximum atomic E-state index is 11.5. The molecule has 0 bridgehead atoms. The van der Waals surface area contributed by atoms with Crippen LogP contribution in [0.25, 0.3) is 0 Å². The highest BCUT2D eigenvalue weighted by atomic mass is 127. The largest absolute Gasteiger partial charge is 0.469 e. The molecular weight excluding hydrogens is 315 g/mol. The lowest BCUT2D eigenvalue weighted by molar-refractivity contribution is -0.140. The molecule has 0 saturated heterocycles. The second-order valence-corrected chi connectivity index (χ2v) is 4.79. The van der Waals surface area contributed by atoms with Crippen LogP contribution in [-0.2, 0) is 9.53 Å². The molecule has 1 aromatic heterocycles. The van der Waals surface area contributed by atoms with Crippen molar-refractivity contribution in [3.05, 3.63) is 19.9 Å². The number of rotatable bonds is 4. The average Bonchev–Trinajstić information content (AvgIpc) is 2.60. The number of ether oxygens (including phenoxy) is 1. The van der Waals surface area contributed by atoms with E-state index in [4.69, 9.17) is 0 Å². The summed E-state index contributed by atoms with van der Waals surface area (Å²) in [7, 11) is 1.32. The number of methoxy groups -OCH3 is 1. The number of carbonyl (C=O) groups is 2. The molecule has 0 aliphatic carbocycles. The van der Waals surface area contributed by atoms with E-state index in [9.17, 15) is 9.59 Å². The van der Waals surface area contributed by atoms with E-state index < -0.39 is 0 Å². The number of ketones is 1. The van der Waals surface area contributed by atoms with E-state index in [1.54, 1.807) is 0 Å². The fourth-order valence-electron chi connectivity index (χ4n) is 0.900. The lowest BCUT2D eigenvalue weighted by atomic mass is 10.2. The van der Waals surface area contributed by atoms with Gasteiger partial charge < -0.3 is 4.74 Å². The smallest absolute Gasteiger partial charge is 0.305 e. The van der Waals surface area contributed by atoms with Gasteiger partial charge in [0.25, 0.3) is 0 Å². The molecule has 1 heterocycles. The van der Waals surface area contributed by atoms with Crippen LogP contribution >= 0.6 is 33.9 Å². The quantitative estimate of drug-likeness (QED) is 0.485. The molecule has 0 saturated carbocycles. The molecule has 76 valence electrons. The van der Waals surface area contributed by atoms with E-state index in [1.165, 1.54) is 18.4 Å². The Morgan fingerprint density at radius 1 is 1.50 bits per heavy atom. The van der Waals surface area contributed by atoms with Gasteiger partial charge in [0.05, 0.1) is 18.4 Å². The summed E-state index contributed by atoms with van der Waals surface area (Å²) in [6.45, 7) is 0. The minimum atomic E-state index is -0.343. The monoisotopic (exact) mass is 324 g/mol. The molecule has 3 nitrogen and oxygen atoms in total. The van der Waals surface area contributed by atoms with Crippen molar-refractivity contribution in [1.82, 2.24) is 0 Å². The highest BCUT2D eigenvalue weighted by molar-refractivity contribution is 14.1. The highest BCUT2D eigenvalue weighted by Gasteiger charge is 2.10. The van der Waals surface area contributed by atoms with Crippen LogP contribution in [0.15, 0.2) is 11.4 Å². The van der Waals surface area contributed by atoms with Gasteiger partial charge in [0.2, 0.25) is 0 Å². The van der Waals surface area contributed by atoms with Crippen LogP contribution in [-0.4, -0.2) is 18.9 Å². The van der Waals surface area contributed by atoms with Gasteiger partial charge in [0.1, 0.15) is 0 Å². The van der Waals surface area contributed by atoms with Crippen LogP contribution in [0.2, 0.25) is 0 Å². The Balaban J connectivity index is 2.47. The Kier molecular flexibility index (Phi) is 4.53. The van der Waals surface area contributed by atoms with Crippen molar-refractivity contribution in [1.29, 1.82) is 0 Å². The molecule has 0 amide bonds. The topological polar surface area (TPSA) is 43.4 Å². The molecule has 14 heavy (non-hydrogen) atoms. The van der Waals surface area contributed by atoms with E-state index in [0.717, 1.165) is 3.57 Å². The molecule has 0 aliphatic rings. The number of Topliss-reactive ketones (excluding diaryl/α,β-unsaturated/α-hetero) is 1. The predicted molar refractivity (Wildman–Crippen MR) is 62.6 cm³/mol. The number of hydrogen-bond donors (Lipinski definition) is 0. The molecular formula is C9H9IO3S. The van der Waals surface area contributed by atoms with E-state index in [-0.39, 0.29) is 24.6 Å². The fourth-order valence-corrected chi connectivity index (χ4v) is 2.54. The maximum Gasteiger partial charge on any atom is 0.305 e. The second-order valence-electron chi connectivity index (χ2n) is 2.63. The van der Waals surface area contributed by atoms with Crippen molar-refractivity contribution in [3.8, 4) is 0 Å². The van der Waals surface area contributed by atoms with E-state index >= 15 is 0 Å². The Hall–Kier alpha value is -0.430. The van der Waals surface area contributed by atoms with Crippen LogP contribution in [0.1, 0.15) is 22.5 Å². The summed E-state index contributed by atoms with van der Waals surface area (Å²) in [5.41, 5.74) is 0. The summed E-state index contributed by atoms with van der Waals surface area (Å²) in [4.78, 5) is 23.0. The zero-order valence-corrected chi connectivity index (χ0v) is 10.6. The van der Waals surface area contributed by atoms with Crippen molar-refractivity contribution in [2.75, 3.05) is 7.11 Å². The minimum absolute atomic E-state index is 0.00307. The van der Waals surface area contributed by atoms with Crippen LogP contribution in [0.3, 0.4) is 0 Å². The maximum absolute atomic E-state index is 11.5. The average molecular weight is 324 g/mol. The van der Waals surface area contributed by atoms with Gasteiger partial charge in [-0.2, -0.15) is 0 Å². The number of thiophene rings is 1. The fraction of sp³-hybridized carbons (Fsp3) is 0.333. The summed E-state index contributed by atoms with van der Waals surface area (Å²) in [5.74, 6) is -0.340. The highest BCUT2D eigenvalue weighted by Crippen LogP contribution is 2.18. The van der Waals surface area contributed by atoms with Crippen molar-refractivity contribution in [2.45, 2.75) is 12.8 Å². The van der Waals surface area contributed by atoms with E-state index in [2.05, 4.69) is 27.3 Å². The van der Waals surface area contributed by atoms with Crippen molar-refractivity contribution < 1.29 is 14.3 Å². The summed E-state index contributed by atoms with van der Waals surface area (Å²) in [6.07, 6.45) is 0.382. The van der Waals surface area contributed by atoms with Gasteiger partial charge in [-0.1, -0.05) is 0 Å². The first-order valence-corrected chi connectivity index (χ1v) is 5.93. The molecule has 1 rings (SSSR count). The summed E-state index contributed by atoms with van der Waals surface area (Å²) < 4.78 is 5.50. The molecule has 0 aromatic carbocycles. The predicted octanol–water partition coefficient (Wildman–Crippen LogP) is 2.49. The number of esters is 1. The molecule has 0 N–H and O–H groups in total. The molecule has 0 radical (unpaired) electrons. The minimum Gasteiger partial charge on any atom is -0.469 e. The first kappa shape index (κ1) is 11.6. The van der Waals surface area contributed by atoms with E-state index in [0.29, 0.717) is 4.88 Å². The van der Waals surface area contributed by atoms with Gasteiger partial charge in [0, 0.05) is 15.4 Å². The van der Waals surface area contributed by atoms with Gasteiger partial charge in [-0.15, -0.1) is 11.3 Å². The molecule has 0 fully saturated rings. The van der Waals surface area contributed by atoms with Crippen LogP contribution in [0, 0.1) is 3.57 Å². The zero-order chi connectivity index (χ0) is 10.6. The molecule has 0 atom stereocenters. The third kappa shape index (κ3) is 3.38. The second kappa shape index (κ2) is 5.45. The van der Waals surface area contributed by atoms with Gasteiger partial charge in [0.15, 0.2) is 5.78 Å². The van der Waals surface area contributed by atoms with Crippen LogP contribution in [0.4, 0.5) is 0 Å². The Morgan fingerprint density at radius 3 is 2.71 bits per heavy atom. The SMILES string of the molecule is COC(=O)CCC(=O)c1cc(I)cs1. The molecule has 5 heteroatoms. The lowest BCUT2D eigenvalue weighted by Gasteiger charge is -1.96. The Bertz CT molecular complexity index is 346. The van der Waals surface area contributed by atoms with Crippen molar-refractivity contribution in [3.63, 3.8) is 0 Å². The number of hydrogen-bond acceptors (Lipinski definition) is 4. The summed E-state index contributed by atoms with van der Waals surface area (Å²) >= 11 is 3.56. The zero-order valence-electron chi connectivity index (χ0n) is 7.58. The Labute approximate surface area is 99.6 Å². The third-order valence-electron chi connectivity index (χ3n) is 1.63. The number of carbonyl (C=O) groups excluding carboxylic acids is 2. The van der Waals surface area contributed by atoms with Crippen molar-refractivity contribution >= 4 is 45.7 Å². The lowest BCUT2D eigenvalue weighted by Crippen LogP contribution is -2.04. The summed E-state index contributed by atoms with van der Waals surface area (Å²) in [5, 5.41) is 1.91. The van der Waals surface area contributed by atoms with Gasteiger partial charge >= 0.3 is 5.97 Å². The van der Waals surface area contributed by atoms with Crippen LogP contribution < -0.4 is 0 Å². The van der Waals surface area contributed by atoms with Crippen LogP contribution in [0.5, 0.6) is 0 Å². The Morgan fingerprint density at radius 2 is 2.21 bits per heavy atom. The number of halogens is 1. The van der Waals surface area contributed by atoms with Crippen molar-refractivity contribution in [2.24, 2.45) is 0 Å². The van der Waals surface area contributed by atoms with Gasteiger partial charge in [-0.3, -0.25) is 9.59 Å². The van der Waals surface area contributed by atoms with Gasteiger partial charge in [-0.25, -0.2) is 0 Å². The summed E-state index contributed by atoms with van der Waals surface area (Å²) in [6, 6.07) is 1.82. The molecule has 1 aromatic rings. The normalized spacial score (nSPS) is 9.86. The third-order valence-corrected chi connectivity index (χ3v) is 3.64. The van der Waals surface area contributed by atoms with E-state index in [1.807, 2.05) is 11.4 Å². The first-order chi connectivity index (χ1) is 6.63. The first-order valence-electron chi connectivity index (χ1n) is 3.97. The molecule has 0 unspecified atom stereocenters. The standard InChI is InChI=1S/C9H9IO3S/c1-13-9(12)3-2-7(11)8-4-6(10)5-14-8/h4-5H,2-3H2,1H3. The molecule has 0 spiro atoms. The molecule has 0 aliphatic heterocycles.